The van der Waals surface area contributed by atoms with Crippen molar-refractivity contribution in [3.05, 3.63) is 29.1 Å². The van der Waals surface area contributed by atoms with E-state index in [1.54, 1.807) is 0 Å². The van der Waals surface area contributed by atoms with E-state index in [1.165, 1.54) is 0 Å². The number of methoxy groups -OCH3 is 1. The zero-order valence-corrected chi connectivity index (χ0v) is 8.76. The fraction of sp³-hybridized carbons (Fsp3) is 0.250. The Labute approximate surface area is 97.7 Å². The van der Waals surface area contributed by atoms with Crippen molar-refractivity contribution in [1.82, 2.24) is 0 Å². The van der Waals surface area contributed by atoms with E-state index in [0.29, 0.717) is 0 Å². The molecule has 0 aliphatic rings. The smallest absolute Gasteiger partial charge is 0.491 e. The topological polar surface area (TPSA) is 58.9 Å². The van der Waals surface area contributed by atoms with Crippen LogP contribution in [0.3, 0.4) is 0 Å². The molecule has 0 atom stereocenters. The second kappa shape index (κ2) is 5.08. The van der Waals surface area contributed by atoms with Gasteiger partial charge in [-0.25, -0.2) is 8.78 Å². The molecule has 0 radical (unpaired) electrons. The van der Waals surface area contributed by atoms with Crippen molar-refractivity contribution in [1.29, 1.82) is 0 Å². The van der Waals surface area contributed by atoms with Crippen molar-refractivity contribution in [2.45, 2.75) is 6.11 Å². The summed E-state index contributed by atoms with van der Waals surface area (Å²) in [5.74, 6) is -6.89. The molecule has 1 rings (SSSR count). The number of hydrogen-bond donors (Lipinski definition) is 2. The normalized spacial score (nSPS) is 11.6. The van der Waals surface area contributed by atoms with Gasteiger partial charge in [0.05, 0.1) is 12.7 Å². The van der Waals surface area contributed by atoms with Crippen molar-refractivity contribution in [3.63, 3.8) is 0 Å². The van der Waals surface area contributed by atoms with Crippen molar-refractivity contribution >= 4 is 7.32 Å². The summed E-state index contributed by atoms with van der Waals surface area (Å²) in [5, 5.41) is 16.4. The Morgan fingerprint density at radius 2 is 1.72 bits per heavy atom. The van der Waals surface area contributed by atoms with Gasteiger partial charge in [0, 0.05) is 0 Å². The molecule has 10 heteroatoms. The van der Waals surface area contributed by atoms with E-state index in [1.807, 2.05) is 0 Å². The SMILES string of the molecule is COc1c(F)cc(C(F)(F)OB(O)O)c(F)c1F. The first kappa shape index (κ1) is 14.7. The highest BCUT2D eigenvalue weighted by Crippen LogP contribution is 2.36. The third-order valence-electron chi connectivity index (χ3n) is 1.89. The summed E-state index contributed by atoms with van der Waals surface area (Å²) < 4.78 is 73.1. The minimum absolute atomic E-state index is 0.0698. The highest BCUT2D eigenvalue weighted by Gasteiger charge is 2.42. The Balaban J connectivity index is 3.34. The van der Waals surface area contributed by atoms with Crippen LogP contribution in [0, 0.1) is 17.5 Å². The standard InChI is InChI=1S/C8H6BF5O4/c1-17-7-4(10)2-3(5(11)6(7)12)8(13,14)18-9(15)16/h2,15-16H,1H3. The van der Waals surface area contributed by atoms with Crippen LogP contribution in [-0.2, 0) is 10.8 Å². The van der Waals surface area contributed by atoms with E-state index in [2.05, 4.69) is 9.39 Å². The lowest BCUT2D eigenvalue weighted by Gasteiger charge is -2.18. The van der Waals surface area contributed by atoms with E-state index in [4.69, 9.17) is 10.0 Å². The minimum Gasteiger partial charge on any atom is -0.491 e. The van der Waals surface area contributed by atoms with Crippen LogP contribution in [-0.4, -0.2) is 24.5 Å². The summed E-state index contributed by atoms with van der Waals surface area (Å²) in [7, 11) is -2.14. The number of rotatable bonds is 4. The van der Waals surface area contributed by atoms with Crippen LogP contribution in [0.25, 0.3) is 0 Å². The van der Waals surface area contributed by atoms with Crippen molar-refractivity contribution in [2.75, 3.05) is 7.11 Å². The minimum atomic E-state index is -4.63. The van der Waals surface area contributed by atoms with E-state index in [-0.39, 0.29) is 6.07 Å². The van der Waals surface area contributed by atoms with Gasteiger partial charge < -0.3 is 19.4 Å². The number of ether oxygens (including phenoxy) is 1. The highest BCUT2D eigenvalue weighted by atomic mass is 19.3. The van der Waals surface area contributed by atoms with Crippen molar-refractivity contribution in [2.24, 2.45) is 0 Å². The summed E-state index contributed by atoms with van der Waals surface area (Å²) in [5.41, 5.74) is -1.83. The van der Waals surface area contributed by atoms with Crippen molar-refractivity contribution in [3.8, 4) is 5.75 Å². The van der Waals surface area contributed by atoms with Crippen LogP contribution in [0.5, 0.6) is 5.75 Å². The molecule has 0 fully saturated rings. The monoisotopic (exact) mass is 272 g/mol. The second-order valence-electron chi connectivity index (χ2n) is 3.03. The van der Waals surface area contributed by atoms with Crippen LogP contribution in [0.15, 0.2) is 6.07 Å². The predicted octanol–water partition coefficient (Wildman–Crippen LogP) is 1.15. The Morgan fingerprint density at radius 3 is 2.17 bits per heavy atom. The lowest BCUT2D eigenvalue weighted by atomic mass is 10.1. The molecule has 100 valence electrons. The molecule has 0 unspecified atom stereocenters. The average Bonchev–Trinajstić information content (AvgIpc) is 2.22. The summed E-state index contributed by atoms with van der Waals surface area (Å²) in [6.45, 7) is 0. The Bertz CT molecular complexity index is 454. The number of benzene rings is 1. The van der Waals surface area contributed by atoms with Gasteiger partial charge in [0.2, 0.25) is 5.82 Å². The first-order valence-corrected chi connectivity index (χ1v) is 4.34. The summed E-state index contributed by atoms with van der Waals surface area (Å²) in [6.07, 6.45) is -4.63. The maximum atomic E-state index is 13.2. The molecule has 0 saturated heterocycles. The molecular weight excluding hydrogens is 266 g/mol. The molecule has 0 amide bonds. The quantitative estimate of drug-likeness (QED) is 0.490. The number of halogens is 5. The first-order valence-electron chi connectivity index (χ1n) is 4.34. The molecule has 0 aromatic heterocycles. The molecule has 4 nitrogen and oxygen atoms in total. The largest absolute Gasteiger partial charge is 0.638 e. The van der Waals surface area contributed by atoms with Crippen molar-refractivity contribution < 1.29 is 41.4 Å². The lowest BCUT2D eigenvalue weighted by Crippen LogP contribution is -2.30. The van der Waals surface area contributed by atoms with Gasteiger partial charge in [0.1, 0.15) is 0 Å². The lowest BCUT2D eigenvalue weighted by molar-refractivity contribution is -0.207. The van der Waals surface area contributed by atoms with Gasteiger partial charge in [0.25, 0.3) is 0 Å². The van der Waals surface area contributed by atoms with Crippen LogP contribution >= 0.6 is 0 Å². The Kier molecular flexibility index (Phi) is 4.14. The fourth-order valence-corrected chi connectivity index (χ4v) is 1.17. The van der Waals surface area contributed by atoms with E-state index in [0.717, 1.165) is 7.11 Å². The van der Waals surface area contributed by atoms with Crippen LogP contribution in [0.4, 0.5) is 22.0 Å². The number of alkyl halides is 2. The third-order valence-corrected chi connectivity index (χ3v) is 1.89. The third kappa shape index (κ3) is 2.71. The number of hydrogen-bond acceptors (Lipinski definition) is 4. The molecule has 0 saturated carbocycles. The van der Waals surface area contributed by atoms with Gasteiger partial charge in [-0.3, -0.25) is 0 Å². The first-order chi connectivity index (χ1) is 8.20. The molecule has 1 aromatic carbocycles. The Morgan fingerprint density at radius 1 is 1.17 bits per heavy atom. The fourth-order valence-electron chi connectivity index (χ4n) is 1.17. The van der Waals surface area contributed by atoms with Crippen LogP contribution in [0.2, 0.25) is 0 Å². The molecular formula is C8H6BF5O4. The van der Waals surface area contributed by atoms with E-state index < -0.39 is 42.2 Å². The summed E-state index contributed by atoms with van der Waals surface area (Å²) in [4.78, 5) is 0. The second-order valence-corrected chi connectivity index (χ2v) is 3.03. The molecule has 2 N–H and O–H groups in total. The molecule has 0 aliphatic heterocycles. The molecule has 0 aliphatic carbocycles. The zero-order chi connectivity index (χ0) is 14.1. The van der Waals surface area contributed by atoms with Crippen LogP contribution in [0.1, 0.15) is 5.56 Å². The summed E-state index contributed by atoms with van der Waals surface area (Å²) in [6, 6.07) is -0.0698. The van der Waals surface area contributed by atoms with Crippen LogP contribution < -0.4 is 4.74 Å². The molecule has 0 spiro atoms. The molecule has 1 aromatic rings. The zero-order valence-electron chi connectivity index (χ0n) is 8.76. The van der Waals surface area contributed by atoms with Gasteiger partial charge >= 0.3 is 13.4 Å². The molecule has 18 heavy (non-hydrogen) atoms. The maximum absolute atomic E-state index is 13.2. The molecule has 0 bridgehead atoms. The maximum Gasteiger partial charge on any atom is 0.638 e. The Hall–Kier alpha value is -1.39. The average molecular weight is 272 g/mol. The van der Waals surface area contributed by atoms with Gasteiger partial charge in [-0.1, -0.05) is 0 Å². The highest BCUT2D eigenvalue weighted by molar-refractivity contribution is 6.32. The predicted molar refractivity (Wildman–Crippen MR) is 48.0 cm³/mol. The summed E-state index contributed by atoms with van der Waals surface area (Å²) >= 11 is 0. The van der Waals surface area contributed by atoms with Gasteiger partial charge in [0.15, 0.2) is 17.4 Å². The van der Waals surface area contributed by atoms with Gasteiger partial charge in [-0.15, -0.1) is 0 Å². The van der Waals surface area contributed by atoms with Gasteiger partial charge in [-0.2, -0.15) is 13.2 Å². The van der Waals surface area contributed by atoms with E-state index in [9.17, 15) is 22.0 Å². The van der Waals surface area contributed by atoms with E-state index >= 15 is 0 Å². The molecule has 0 heterocycles. The van der Waals surface area contributed by atoms with Gasteiger partial charge in [-0.05, 0) is 6.07 Å².